The Morgan fingerprint density at radius 3 is 1.39 bits per heavy atom. The summed E-state index contributed by atoms with van der Waals surface area (Å²) in [7, 11) is 0. The SMILES string of the molecule is O=C(Nc1cc2cc(Cl)c(NC(=O)c3ccc(-c4cc5ccccc5o4)s3)cc2cc1Cl)c1ccc(-c2cc3ccccc3o2)s1. The highest BCUT2D eigenvalue weighted by Gasteiger charge is 2.18. The van der Waals surface area contributed by atoms with Crippen LogP contribution in [0.1, 0.15) is 19.3 Å². The molecule has 2 amide bonds. The van der Waals surface area contributed by atoms with Crippen molar-refractivity contribution >= 4 is 102 Å². The van der Waals surface area contributed by atoms with Crippen LogP contribution in [0.5, 0.6) is 0 Å². The van der Waals surface area contributed by atoms with Gasteiger partial charge in [0.25, 0.3) is 11.8 Å². The first-order valence-corrected chi connectivity index (χ1v) is 16.5. The van der Waals surface area contributed by atoms with Gasteiger partial charge in [-0.05, 0) is 83.6 Å². The predicted octanol–water partition coefficient (Wildman–Crippen LogP) is 11.6. The molecule has 0 atom stereocenters. The zero-order valence-corrected chi connectivity index (χ0v) is 26.7. The molecule has 0 radical (unpaired) electrons. The van der Waals surface area contributed by atoms with E-state index in [9.17, 15) is 9.59 Å². The van der Waals surface area contributed by atoms with E-state index in [-0.39, 0.29) is 11.8 Å². The first-order valence-electron chi connectivity index (χ1n) is 14.1. The van der Waals surface area contributed by atoms with Crippen LogP contribution in [0.2, 0.25) is 10.0 Å². The van der Waals surface area contributed by atoms with Gasteiger partial charge in [0, 0.05) is 10.8 Å². The van der Waals surface area contributed by atoms with Gasteiger partial charge in [-0.15, -0.1) is 22.7 Å². The maximum atomic E-state index is 13.2. The summed E-state index contributed by atoms with van der Waals surface area (Å²) in [5.41, 5.74) is 2.48. The van der Waals surface area contributed by atoms with Crippen LogP contribution in [-0.4, -0.2) is 11.8 Å². The molecule has 8 rings (SSSR count). The number of hydrogen-bond acceptors (Lipinski definition) is 6. The molecule has 10 heteroatoms. The molecule has 0 aliphatic heterocycles. The third-order valence-corrected chi connectivity index (χ3v) is 10.3. The Labute approximate surface area is 279 Å². The van der Waals surface area contributed by atoms with Gasteiger partial charge in [-0.2, -0.15) is 0 Å². The number of anilines is 2. The Morgan fingerprint density at radius 2 is 0.957 bits per heavy atom. The van der Waals surface area contributed by atoms with E-state index in [0.717, 1.165) is 42.5 Å². The van der Waals surface area contributed by atoms with Gasteiger partial charge in [-0.25, -0.2) is 0 Å². The van der Waals surface area contributed by atoms with Crippen LogP contribution in [-0.2, 0) is 0 Å². The minimum Gasteiger partial charge on any atom is -0.455 e. The number of amides is 2. The van der Waals surface area contributed by atoms with E-state index in [1.165, 1.54) is 22.7 Å². The number of furan rings is 2. The fourth-order valence-corrected chi connectivity index (χ4v) is 7.39. The molecule has 6 nitrogen and oxygen atoms in total. The molecule has 0 aliphatic rings. The molecule has 0 saturated carbocycles. The predicted molar refractivity (Wildman–Crippen MR) is 189 cm³/mol. The quantitative estimate of drug-likeness (QED) is 0.183. The van der Waals surface area contributed by atoms with Crippen LogP contribution in [0, 0.1) is 0 Å². The Morgan fingerprint density at radius 1 is 0.522 bits per heavy atom. The number of carbonyl (C=O) groups excluding carboxylic acids is 2. The smallest absolute Gasteiger partial charge is 0.265 e. The lowest BCUT2D eigenvalue weighted by molar-refractivity contribution is 0.102. The van der Waals surface area contributed by atoms with Crippen LogP contribution >= 0.6 is 45.9 Å². The summed E-state index contributed by atoms with van der Waals surface area (Å²) in [6.07, 6.45) is 0. The average Bonchev–Trinajstić information content (AvgIpc) is 3.86. The molecule has 4 aromatic heterocycles. The molecule has 0 spiro atoms. The summed E-state index contributed by atoms with van der Waals surface area (Å²) < 4.78 is 11.9. The zero-order chi connectivity index (χ0) is 31.4. The van der Waals surface area contributed by atoms with Crippen LogP contribution < -0.4 is 10.6 Å². The molecule has 0 fully saturated rings. The molecule has 46 heavy (non-hydrogen) atoms. The summed E-state index contributed by atoms with van der Waals surface area (Å²) in [6.45, 7) is 0. The largest absolute Gasteiger partial charge is 0.455 e. The van der Waals surface area contributed by atoms with Crippen molar-refractivity contribution in [3.8, 4) is 21.3 Å². The lowest BCUT2D eigenvalue weighted by Gasteiger charge is -2.12. The lowest BCUT2D eigenvalue weighted by Crippen LogP contribution is -2.11. The van der Waals surface area contributed by atoms with Crippen molar-refractivity contribution in [2.75, 3.05) is 10.6 Å². The molecule has 0 bridgehead atoms. The lowest BCUT2D eigenvalue weighted by atomic mass is 10.1. The van der Waals surface area contributed by atoms with Gasteiger partial charge in [0.2, 0.25) is 0 Å². The number of hydrogen-bond donors (Lipinski definition) is 2. The Kier molecular flexibility index (Phi) is 7.15. The Balaban J connectivity index is 0.991. The van der Waals surface area contributed by atoms with Crippen molar-refractivity contribution in [3.63, 3.8) is 0 Å². The van der Waals surface area contributed by atoms with Crippen LogP contribution in [0.25, 0.3) is 54.0 Å². The number of fused-ring (bicyclic) bond motifs is 3. The van der Waals surface area contributed by atoms with E-state index in [2.05, 4.69) is 10.6 Å². The second-order valence-corrected chi connectivity index (χ2v) is 13.5. The van der Waals surface area contributed by atoms with Gasteiger partial charge >= 0.3 is 0 Å². The molecule has 8 aromatic rings. The summed E-state index contributed by atoms with van der Waals surface area (Å²) in [4.78, 5) is 29.1. The van der Waals surface area contributed by atoms with Gasteiger partial charge in [0.15, 0.2) is 0 Å². The van der Waals surface area contributed by atoms with Gasteiger partial charge < -0.3 is 19.5 Å². The van der Waals surface area contributed by atoms with Crippen molar-refractivity contribution in [1.82, 2.24) is 0 Å². The molecule has 0 saturated heterocycles. The van der Waals surface area contributed by atoms with E-state index in [1.807, 2.05) is 72.8 Å². The van der Waals surface area contributed by atoms with Crippen molar-refractivity contribution < 1.29 is 18.4 Å². The molecule has 0 unspecified atom stereocenters. The van der Waals surface area contributed by atoms with E-state index in [4.69, 9.17) is 32.0 Å². The highest BCUT2D eigenvalue weighted by atomic mass is 35.5. The minimum absolute atomic E-state index is 0.290. The maximum Gasteiger partial charge on any atom is 0.265 e. The Bertz CT molecular complexity index is 2230. The third kappa shape index (κ3) is 5.35. The fourth-order valence-electron chi connectivity index (χ4n) is 5.24. The highest BCUT2D eigenvalue weighted by Crippen LogP contribution is 2.37. The second kappa shape index (κ2) is 11.5. The van der Waals surface area contributed by atoms with Crippen molar-refractivity contribution in [2.45, 2.75) is 0 Å². The molecule has 0 aliphatic carbocycles. The number of nitrogens with one attached hydrogen (secondary N) is 2. The van der Waals surface area contributed by atoms with Crippen LogP contribution in [0.4, 0.5) is 11.4 Å². The summed E-state index contributed by atoms with van der Waals surface area (Å²) in [5.74, 6) is 0.831. The number of benzene rings is 4. The average molecular weight is 680 g/mol. The van der Waals surface area contributed by atoms with E-state index in [0.29, 0.717) is 42.7 Å². The minimum atomic E-state index is -0.290. The monoisotopic (exact) mass is 678 g/mol. The standard InChI is InChI=1S/C36H20Cl2N2O4S2/c37-23-13-22-16-26(40-36(42)34-12-10-32(46-34)30-18-20-6-2-4-8-28(20)44-30)24(38)14-21(22)15-25(23)39-35(41)33-11-9-31(45-33)29-17-19-5-1-3-7-27(19)43-29/h1-18H,(H,39,41)(H,40,42). The van der Waals surface area contributed by atoms with Gasteiger partial charge in [-0.1, -0.05) is 59.6 Å². The van der Waals surface area contributed by atoms with Gasteiger partial charge in [0.05, 0.1) is 40.9 Å². The van der Waals surface area contributed by atoms with Crippen LogP contribution in [0.3, 0.4) is 0 Å². The number of para-hydroxylation sites is 2. The Hall–Kier alpha value is -4.86. The van der Waals surface area contributed by atoms with Crippen molar-refractivity contribution in [1.29, 1.82) is 0 Å². The van der Waals surface area contributed by atoms with Gasteiger partial charge in [-0.3, -0.25) is 9.59 Å². The van der Waals surface area contributed by atoms with Crippen molar-refractivity contribution in [3.05, 3.63) is 129 Å². The van der Waals surface area contributed by atoms with E-state index in [1.54, 1.807) is 36.4 Å². The summed E-state index contributed by atoms with van der Waals surface area (Å²) in [5, 5.41) is 10.0. The number of rotatable bonds is 6. The maximum absolute atomic E-state index is 13.2. The molecule has 2 N–H and O–H groups in total. The van der Waals surface area contributed by atoms with E-state index >= 15 is 0 Å². The molecule has 4 heterocycles. The fraction of sp³-hybridized carbons (Fsp3) is 0. The number of halogens is 2. The first kappa shape index (κ1) is 28.6. The second-order valence-electron chi connectivity index (χ2n) is 10.5. The molecule has 224 valence electrons. The first-order chi connectivity index (χ1) is 22.4. The molecule has 4 aromatic carbocycles. The summed E-state index contributed by atoms with van der Waals surface area (Å²) in [6, 6.07) is 33.7. The summed E-state index contributed by atoms with van der Waals surface area (Å²) >= 11 is 15.9. The number of carbonyl (C=O) groups is 2. The van der Waals surface area contributed by atoms with E-state index < -0.39 is 0 Å². The normalized spacial score (nSPS) is 11.4. The van der Waals surface area contributed by atoms with Crippen molar-refractivity contribution in [2.24, 2.45) is 0 Å². The highest BCUT2D eigenvalue weighted by molar-refractivity contribution is 7.17. The third-order valence-electron chi connectivity index (χ3n) is 7.50. The molecular formula is C36H20Cl2N2O4S2. The van der Waals surface area contributed by atoms with Crippen LogP contribution in [0.15, 0.2) is 118 Å². The van der Waals surface area contributed by atoms with Gasteiger partial charge in [0.1, 0.15) is 22.7 Å². The zero-order valence-electron chi connectivity index (χ0n) is 23.6. The molecular weight excluding hydrogens is 659 g/mol. The number of thiophene rings is 2. The topological polar surface area (TPSA) is 84.5 Å².